The van der Waals surface area contributed by atoms with Crippen molar-refractivity contribution >= 4 is 33.3 Å². The number of aliphatic imine (C=N–C) groups is 2. The van der Waals surface area contributed by atoms with Crippen molar-refractivity contribution in [1.82, 2.24) is 10.4 Å². The molecule has 31 heavy (non-hydrogen) atoms. The highest BCUT2D eigenvalue weighted by Crippen LogP contribution is 2.39. The topological polar surface area (TPSA) is 124 Å². The number of alkyl halides is 5. The van der Waals surface area contributed by atoms with Crippen molar-refractivity contribution in [1.29, 1.82) is 0 Å². The zero-order chi connectivity index (χ0) is 23.4. The Morgan fingerprint density at radius 3 is 2.45 bits per heavy atom. The Labute approximate surface area is 171 Å². The number of carboxylic acids is 1. The monoisotopic (exact) mass is 467 g/mol. The number of aromatic carboxylic acids is 1. The van der Waals surface area contributed by atoms with Crippen LogP contribution in [0.1, 0.15) is 24.2 Å². The zero-order valence-corrected chi connectivity index (χ0v) is 16.6. The Hall–Kier alpha value is -3.10. The molecule has 0 bridgehead atoms. The zero-order valence-electron chi connectivity index (χ0n) is 15.8. The van der Waals surface area contributed by atoms with Gasteiger partial charge in [0.2, 0.25) is 5.84 Å². The number of carbonyl (C=O) groups is 1. The molecule has 3 rings (SSSR count). The lowest BCUT2D eigenvalue weighted by Gasteiger charge is -2.34. The van der Waals surface area contributed by atoms with Gasteiger partial charge in [-0.25, -0.2) is 28.2 Å². The fraction of sp³-hybridized carbons (Fsp3) is 0.375. The highest BCUT2D eigenvalue weighted by Gasteiger charge is 2.62. The van der Waals surface area contributed by atoms with Crippen molar-refractivity contribution < 1.29 is 40.3 Å². The first-order valence-electron chi connectivity index (χ1n) is 8.55. The van der Waals surface area contributed by atoms with Crippen LogP contribution in [0.25, 0.3) is 0 Å². The van der Waals surface area contributed by atoms with Gasteiger partial charge in [-0.15, -0.1) is 0 Å². The van der Waals surface area contributed by atoms with E-state index in [9.17, 15) is 35.2 Å². The van der Waals surface area contributed by atoms with Gasteiger partial charge in [-0.2, -0.15) is 22.0 Å². The van der Waals surface area contributed by atoms with Gasteiger partial charge in [-0.3, -0.25) is 10.4 Å². The van der Waals surface area contributed by atoms with Gasteiger partial charge >= 0.3 is 18.1 Å². The minimum absolute atomic E-state index is 0.284. The van der Waals surface area contributed by atoms with Crippen molar-refractivity contribution in [3.63, 3.8) is 0 Å². The molecule has 2 aliphatic rings. The quantitative estimate of drug-likeness (QED) is 0.636. The third-order valence-electron chi connectivity index (χ3n) is 4.38. The number of pyridine rings is 1. The van der Waals surface area contributed by atoms with E-state index in [1.54, 1.807) is 0 Å². The Morgan fingerprint density at radius 2 is 1.90 bits per heavy atom. The van der Waals surface area contributed by atoms with Gasteiger partial charge in [0, 0.05) is 6.20 Å². The predicted molar refractivity (Wildman–Crippen MR) is 98.0 cm³/mol. The molecule has 3 heterocycles. The molecule has 9 nitrogen and oxygen atoms in total. The van der Waals surface area contributed by atoms with Gasteiger partial charge in [-0.1, -0.05) is 6.92 Å². The first-order valence-corrected chi connectivity index (χ1v) is 10.2. The summed E-state index contributed by atoms with van der Waals surface area (Å²) in [4.78, 5) is 21.1. The Kier molecular flexibility index (Phi) is 5.28. The van der Waals surface area contributed by atoms with E-state index in [0.29, 0.717) is 0 Å². The van der Waals surface area contributed by atoms with Crippen LogP contribution in [-0.4, -0.2) is 60.0 Å². The number of rotatable bonds is 5. The molecule has 1 atom stereocenters. The van der Waals surface area contributed by atoms with Crippen LogP contribution in [0.2, 0.25) is 0 Å². The third-order valence-corrected chi connectivity index (χ3v) is 6.11. The van der Waals surface area contributed by atoms with E-state index in [2.05, 4.69) is 20.4 Å². The number of sulfone groups is 1. The van der Waals surface area contributed by atoms with Crippen LogP contribution in [0.5, 0.6) is 0 Å². The average Bonchev–Trinajstić information content (AvgIpc) is 3.09. The fourth-order valence-electron chi connectivity index (χ4n) is 2.71. The molecule has 0 saturated carbocycles. The summed E-state index contributed by atoms with van der Waals surface area (Å²) in [6.07, 6.45) is -3.84. The van der Waals surface area contributed by atoms with E-state index in [1.165, 1.54) is 19.9 Å². The largest absolute Gasteiger partial charge is 0.478 e. The number of nitrogens with zero attached hydrogens (tertiary/aromatic N) is 4. The summed E-state index contributed by atoms with van der Waals surface area (Å²) >= 11 is 0. The molecule has 0 aromatic carbocycles. The number of amidine groups is 2. The summed E-state index contributed by atoms with van der Waals surface area (Å²) in [5.74, 6) is -9.65. The summed E-state index contributed by atoms with van der Waals surface area (Å²) in [6.45, 7) is 2.78. The Morgan fingerprint density at radius 1 is 1.26 bits per heavy atom. The van der Waals surface area contributed by atoms with Crippen molar-refractivity contribution in [2.75, 3.05) is 10.8 Å². The lowest BCUT2D eigenvalue weighted by molar-refractivity contribution is -0.249. The average molecular weight is 467 g/mol. The molecule has 2 aliphatic heterocycles. The number of hydrogen-bond donors (Lipinski definition) is 2. The van der Waals surface area contributed by atoms with Gasteiger partial charge in [-0.05, 0) is 19.1 Å². The van der Waals surface area contributed by atoms with Crippen LogP contribution in [-0.2, 0) is 9.84 Å². The summed E-state index contributed by atoms with van der Waals surface area (Å²) in [5.41, 5.74) is 1.75. The van der Waals surface area contributed by atoms with E-state index >= 15 is 0 Å². The summed E-state index contributed by atoms with van der Waals surface area (Å²) in [6, 6.07) is 0.0541. The summed E-state index contributed by atoms with van der Waals surface area (Å²) in [7, 11) is -4.00. The van der Waals surface area contributed by atoms with Crippen LogP contribution in [0.4, 0.5) is 27.8 Å². The molecule has 1 unspecified atom stereocenters. The van der Waals surface area contributed by atoms with Crippen LogP contribution in [0.15, 0.2) is 38.9 Å². The van der Waals surface area contributed by atoms with Crippen LogP contribution >= 0.6 is 0 Å². The molecule has 15 heteroatoms. The number of anilines is 1. The van der Waals surface area contributed by atoms with Gasteiger partial charge in [0.05, 0.1) is 17.4 Å². The minimum atomic E-state index is -5.91. The molecule has 0 amide bonds. The number of aromatic nitrogens is 1. The van der Waals surface area contributed by atoms with Gasteiger partial charge in [0.1, 0.15) is 10.6 Å². The second-order valence-electron chi connectivity index (χ2n) is 6.50. The van der Waals surface area contributed by atoms with Gasteiger partial charge in [0.15, 0.2) is 21.5 Å². The van der Waals surface area contributed by atoms with E-state index < -0.39 is 61.8 Å². The number of fused-ring (bicyclic) bond motifs is 1. The first-order chi connectivity index (χ1) is 14.2. The SMILES string of the molecule is CCS(=O)(=O)c1cc(C(=O)O)cnc1N1NC2=NC(C(F)(F)C(F)(F)F)=NC2=CC1C. The van der Waals surface area contributed by atoms with Gasteiger partial charge in [0.25, 0.3) is 0 Å². The molecular formula is C16H14F5N5O4S. The number of halogens is 5. The van der Waals surface area contributed by atoms with Gasteiger partial charge < -0.3 is 5.11 Å². The molecule has 0 spiro atoms. The third kappa shape index (κ3) is 3.84. The van der Waals surface area contributed by atoms with E-state index in [1.807, 2.05) is 0 Å². The second-order valence-corrected chi connectivity index (χ2v) is 8.74. The second kappa shape index (κ2) is 7.25. The highest BCUT2D eigenvalue weighted by molar-refractivity contribution is 7.91. The predicted octanol–water partition coefficient (Wildman–Crippen LogP) is 2.18. The molecule has 0 radical (unpaired) electrons. The van der Waals surface area contributed by atoms with E-state index in [0.717, 1.165) is 17.3 Å². The number of carboxylic acid groups (broad SMARTS) is 1. The molecule has 1 aromatic rings. The van der Waals surface area contributed by atoms with E-state index in [-0.39, 0.29) is 11.5 Å². The Bertz CT molecular complexity index is 1140. The summed E-state index contributed by atoms with van der Waals surface area (Å²) < 4.78 is 90.1. The smallest absolute Gasteiger partial charge is 0.461 e. The van der Waals surface area contributed by atoms with Crippen molar-refractivity contribution in [2.24, 2.45) is 9.98 Å². The van der Waals surface area contributed by atoms with Crippen LogP contribution < -0.4 is 10.4 Å². The molecular weight excluding hydrogens is 453 g/mol. The fourth-order valence-corrected chi connectivity index (χ4v) is 3.75. The lowest BCUT2D eigenvalue weighted by Crippen LogP contribution is -2.51. The minimum Gasteiger partial charge on any atom is -0.478 e. The van der Waals surface area contributed by atoms with Crippen LogP contribution in [0, 0.1) is 0 Å². The number of hydrogen-bond acceptors (Lipinski definition) is 8. The van der Waals surface area contributed by atoms with E-state index in [4.69, 9.17) is 5.11 Å². The highest BCUT2D eigenvalue weighted by atomic mass is 32.2. The maximum atomic E-state index is 13.6. The van der Waals surface area contributed by atoms with Crippen LogP contribution in [0.3, 0.4) is 0 Å². The maximum Gasteiger partial charge on any atom is 0.461 e. The van der Waals surface area contributed by atoms with Crippen molar-refractivity contribution in [2.45, 2.75) is 36.9 Å². The number of nitrogens with one attached hydrogen (secondary N) is 1. The molecule has 0 saturated heterocycles. The standard InChI is InChI=1S/C16H14F5N5O4S/c1-3-31(29,30)10-5-8(13(27)28)6-22-12(10)26-7(2)4-9-11(25-26)24-14(23-9)15(17,18)16(19,20)21/h4-7H,3H2,1-2H3,(H,27,28)(H,23,24,25). The first kappa shape index (κ1) is 22.6. The summed E-state index contributed by atoms with van der Waals surface area (Å²) in [5, 5.41) is 10.2. The maximum absolute atomic E-state index is 13.6. The molecule has 0 fully saturated rings. The number of hydrazine groups is 1. The lowest BCUT2D eigenvalue weighted by atomic mass is 10.2. The molecule has 0 aliphatic carbocycles. The molecule has 2 N–H and O–H groups in total. The van der Waals surface area contributed by atoms with Crippen molar-refractivity contribution in [3.8, 4) is 0 Å². The Balaban J connectivity index is 2.06. The molecule has 168 valence electrons. The molecule has 1 aromatic heterocycles. The normalized spacial score (nSPS) is 19.3. The van der Waals surface area contributed by atoms with Crippen molar-refractivity contribution in [3.05, 3.63) is 29.6 Å².